The Balaban J connectivity index is 1.89. The second-order valence-electron chi connectivity index (χ2n) is 6.46. The normalized spacial score (nSPS) is 11.8. The van der Waals surface area contributed by atoms with Gasteiger partial charge in [0.15, 0.2) is 0 Å². The molecule has 0 radical (unpaired) electrons. The molecule has 0 fully saturated rings. The molecule has 0 aromatic heterocycles. The minimum Gasteiger partial charge on any atom is -0.355 e. The van der Waals surface area contributed by atoms with Crippen molar-refractivity contribution in [3.8, 4) is 0 Å². The van der Waals surface area contributed by atoms with Crippen LogP contribution >= 0.6 is 11.6 Å². The lowest BCUT2D eigenvalue weighted by molar-refractivity contribution is 0.484. The summed E-state index contributed by atoms with van der Waals surface area (Å²) in [5.41, 5.74) is 2.31. The van der Waals surface area contributed by atoms with Crippen LogP contribution in [0.15, 0.2) is 100 Å². The van der Waals surface area contributed by atoms with E-state index in [4.69, 9.17) is 11.6 Å². The van der Waals surface area contributed by atoms with Crippen molar-refractivity contribution in [3.63, 3.8) is 0 Å². The summed E-state index contributed by atoms with van der Waals surface area (Å²) in [7, 11) is -4.46. The lowest BCUT2D eigenvalue weighted by atomic mass is 10.1. The SMILES string of the molecule is O=S(=O)(O)c1cccc2c(N=Nc3cccc(Cl)c3)ccc(Nc3ccccc3)c12. The van der Waals surface area contributed by atoms with Gasteiger partial charge in [0.25, 0.3) is 10.1 Å². The molecule has 4 rings (SSSR count). The van der Waals surface area contributed by atoms with E-state index in [2.05, 4.69) is 15.5 Å². The molecule has 4 aromatic carbocycles. The first kappa shape index (κ1) is 20.0. The van der Waals surface area contributed by atoms with Crippen LogP contribution in [0.2, 0.25) is 5.02 Å². The number of anilines is 2. The molecule has 0 spiro atoms. The van der Waals surface area contributed by atoms with Gasteiger partial charge in [0.2, 0.25) is 0 Å². The van der Waals surface area contributed by atoms with Gasteiger partial charge in [0.1, 0.15) is 4.90 Å². The van der Waals surface area contributed by atoms with Gasteiger partial charge < -0.3 is 5.32 Å². The van der Waals surface area contributed by atoms with Crippen molar-refractivity contribution in [1.29, 1.82) is 0 Å². The number of nitrogens with one attached hydrogen (secondary N) is 1. The average Bonchev–Trinajstić information content (AvgIpc) is 2.73. The zero-order chi connectivity index (χ0) is 21.1. The molecule has 0 aliphatic rings. The minimum absolute atomic E-state index is 0.210. The van der Waals surface area contributed by atoms with Crippen LogP contribution in [0.1, 0.15) is 0 Å². The maximum Gasteiger partial charge on any atom is 0.295 e. The van der Waals surface area contributed by atoms with E-state index in [0.717, 1.165) is 5.69 Å². The highest BCUT2D eigenvalue weighted by atomic mass is 35.5. The van der Waals surface area contributed by atoms with E-state index in [0.29, 0.717) is 32.9 Å². The van der Waals surface area contributed by atoms with Crippen molar-refractivity contribution in [2.75, 3.05) is 5.32 Å². The molecular weight excluding hydrogens is 422 g/mol. The molecule has 8 heteroatoms. The van der Waals surface area contributed by atoms with Crippen LogP contribution in [0.5, 0.6) is 0 Å². The molecule has 30 heavy (non-hydrogen) atoms. The summed E-state index contributed by atoms with van der Waals surface area (Å²) >= 11 is 5.99. The molecule has 0 bridgehead atoms. The molecule has 2 N–H and O–H groups in total. The fourth-order valence-corrected chi connectivity index (χ4v) is 4.00. The molecule has 6 nitrogen and oxygen atoms in total. The van der Waals surface area contributed by atoms with Gasteiger partial charge in [-0.2, -0.15) is 13.5 Å². The van der Waals surface area contributed by atoms with Crippen LogP contribution < -0.4 is 5.32 Å². The van der Waals surface area contributed by atoms with Crippen molar-refractivity contribution in [1.82, 2.24) is 0 Å². The third kappa shape index (κ3) is 4.33. The van der Waals surface area contributed by atoms with E-state index >= 15 is 0 Å². The minimum atomic E-state index is -4.46. The van der Waals surface area contributed by atoms with Crippen LogP contribution in [0, 0.1) is 0 Å². The molecule has 0 amide bonds. The lowest BCUT2D eigenvalue weighted by Crippen LogP contribution is -2.01. The van der Waals surface area contributed by atoms with Crippen LogP contribution in [0.3, 0.4) is 0 Å². The Kier molecular flexibility index (Phi) is 5.50. The Bertz CT molecular complexity index is 1360. The summed E-state index contributed by atoms with van der Waals surface area (Å²) in [6.07, 6.45) is 0. The number of para-hydroxylation sites is 1. The first-order chi connectivity index (χ1) is 14.4. The van der Waals surface area contributed by atoms with Gasteiger partial charge in [-0.25, -0.2) is 0 Å². The Morgan fingerprint density at radius 3 is 2.33 bits per heavy atom. The molecule has 0 atom stereocenters. The second kappa shape index (κ2) is 8.23. The second-order valence-corrected chi connectivity index (χ2v) is 8.28. The molecule has 0 aliphatic heterocycles. The number of hydrogen-bond donors (Lipinski definition) is 2. The third-order valence-corrected chi connectivity index (χ3v) is 5.52. The number of hydrogen-bond acceptors (Lipinski definition) is 5. The smallest absolute Gasteiger partial charge is 0.295 e. The number of halogens is 1. The Labute approximate surface area is 178 Å². The van der Waals surface area contributed by atoms with Crippen molar-refractivity contribution in [3.05, 3.63) is 90.0 Å². The zero-order valence-electron chi connectivity index (χ0n) is 15.5. The molecular formula is C22H16ClN3O3S. The summed E-state index contributed by atoms with van der Waals surface area (Å²) in [6, 6.07) is 24.3. The first-order valence-corrected chi connectivity index (χ1v) is 10.8. The standard InChI is InChI=1S/C22H16ClN3O3S/c23-15-6-4-9-17(14-15)25-26-19-12-13-20(24-16-7-2-1-3-8-16)22-18(19)10-5-11-21(22)30(27,28)29/h1-14,24H,(H,27,28,29). The third-order valence-electron chi connectivity index (χ3n) is 4.39. The van der Waals surface area contributed by atoms with Crippen LogP contribution in [-0.4, -0.2) is 13.0 Å². The molecule has 150 valence electrons. The van der Waals surface area contributed by atoms with Crippen molar-refractivity contribution in [2.24, 2.45) is 10.2 Å². The van der Waals surface area contributed by atoms with Crippen molar-refractivity contribution >= 4 is 55.2 Å². The summed E-state index contributed by atoms with van der Waals surface area (Å²) in [5.74, 6) is 0. The number of rotatable bonds is 5. The Morgan fingerprint density at radius 1 is 0.833 bits per heavy atom. The topological polar surface area (TPSA) is 91.1 Å². The first-order valence-electron chi connectivity index (χ1n) is 8.94. The zero-order valence-corrected chi connectivity index (χ0v) is 17.1. The monoisotopic (exact) mass is 437 g/mol. The van der Waals surface area contributed by atoms with E-state index in [1.54, 1.807) is 48.5 Å². The van der Waals surface area contributed by atoms with Crippen molar-refractivity contribution < 1.29 is 13.0 Å². The fraction of sp³-hybridized carbons (Fsp3) is 0. The highest BCUT2D eigenvalue weighted by molar-refractivity contribution is 7.86. The van der Waals surface area contributed by atoms with Crippen LogP contribution in [-0.2, 0) is 10.1 Å². The Hall–Kier alpha value is -3.26. The quantitative estimate of drug-likeness (QED) is 0.262. The number of nitrogens with zero attached hydrogens (tertiary/aromatic N) is 2. The van der Waals surface area contributed by atoms with Gasteiger partial charge in [0.05, 0.1) is 11.4 Å². The van der Waals surface area contributed by atoms with Gasteiger partial charge in [-0.15, -0.1) is 5.11 Å². The molecule has 0 heterocycles. The van der Waals surface area contributed by atoms with Gasteiger partial charge in [0, 0.05) is 27.2 Å². The predicted molar refractivity (Wildman–Crippen MR) is 119 cm³/mol. The van der Waals surface area contributed by atoms with Gasteiger partial charge in [-0.3, -0.25) is 4.55 Å². The number of azo groups is 1. The van der Waals surface area contributed by atoms with Crippen LogP contribution in [0.25, 0.3) is 10.8 Å². The van der Waals surface area contributed by atoms with E-state index < -0.39 is 10.1 Å². The average molecular weight is 438 g/mol. The van der Waals surface area contributed by atoms with Gasteiger partial charge in [-0.1, -0.05) is 48.0 Å². The molecule has 0 aliphatic carbocycles. The number of benzene rings is 4. The molecule has 0 saturated heterocycles. The maximum absolute atomic E-state index is 12.0. The summed E-state index contributed by atoms with van der Waals surface area (Å²) in [4.78, 5) is -0.210. The van der Waals surface area contributed by atoms with E-state index in [1.807, 2.05) is 30.3 Å². The van der Waals surface area contributed by atoms with E-state index in [1.165, 1.54) is 6.07 Å². The highest BCUT2D eigenvalue weighted by Crippen LogP contribution is 2.38. The fourth-order valence-electron chi connectivity index (χ4n) is 3.09. The van der Waals surface area contributed by atoms with Gasteiger partial charge in [-0.05, 0) is 48.5 Å². The van der Waals surface area contributed by atoms with Crippen molar-refractivity contribution in [2.45, 2.75) is 4.90 Å². The highest BCUT2D eigenvalue weighted by Gasteiger charge is 2.18. The van der Waals surface area contributed by atoms with E-state index in [-0.39, 0.29) is 4.90 Å². The Morgan fingerprint density at radius 2 is 1.60 bits per heavy atom. The molecule has 0 saturated carbocycles. The largest absolute Gasteiger partial charge is 0.355 e. The molecule has 0 unspecified atom stereocenters. The summed E-state index contributed by atoms with van der Waals surface area (Å²) in [6.45, 7) is 0. The summed E-state index contributed by atoms with van der Waals surface area (Å²) in [5, 5.41) is 13.1. The van der Waals surface area contributed by atoms with Crippen LogP contribution in [0.4, 0.5) is 22.7 Å². The molecule has 4 aromatic rings. The van der Waals surface area contributed by atoms with Gasteiger partial charge >= 0.3 is 0 Å². The summed E-state index contributed by atoms with van der Waals surface area (Å²) < 4.78 is 33.9. The van der Waals surface area contributed by atoms with E-state index in [9.17, 15) is 13.0 Å². The predicted octanol–water partition coefficient (Wildman–Crippen LogP) is 6.90. The number of fused-ring (bicyclic) bond motifs is 1. The maximum atomic E-state index is 12.0. The lowest BCUT2D eigenvalue weighted by Gasteiger charge is -2.13.